The lowest BCUT2D eigenvalue weighted by Crippen LogP contribution is -2.09. The Morgan fingerprint density at radius 2 is 1.00 bits per heavy atom. The first-order chi connectivity index (χ1) is 12.7. The summed E-state index contributed by atoms with van der Waals surface area (Å²) in [4.78, 5) is 23.4. The van der Waals surface area contributed by atoms with Crippen LogP contribution in [-0.2, 0) is 9.59 Å². The van der Waals surface area contributed by atoms with E-state index in [1.807, 2.05) is 0 Å². The molecule has 27 heavy (non-hydrogen) atoms. The Labute approximate surface area is 188 Å². The lowest BCUT2D eigenvalue weighted by atomic mass is 10.3. The van der Waals surface area contributed by atoms with Gasteiger partial charge in [-0.1, -0.05) is 58.2 Å². The van der Waals surface area contributed by atoms with E-state index < -0.39 is 11.9 Å². The molecule has 0 bridgehead atoms. The Balaban J connectivity index is 2.31. The number of benzene rings is 2. The molecule has 0 saturated carbocycles. The third kappa shape index (κ3) is 6.23. The largest absolute Gasteiger partial charge is 0.426 e. The van der Waals surface area contributed by atoms with Gasteiger partial charge in [-0.25, -0.2) is 0 Å². The predicted octanol–water partition coefficient (Wildman–Crippen LogP) is 6.74. The lowest BCUT2D eigenvalue weighted by molar-refractivity contribution is -0.132. The van der Waals surface area contributed by atoms with Crippen LogP contribution in [0.4, 0.5) is 0 Å². The molecule has 0 saturated heterocycles. The molecule has 0 aliphatic rings. The van der Waals surface area contributed by atoms with Crippen LogP contribution in [0.15, 0.2) is 34.1 Å². The second-order valence-corrected chi connectivity index (χ2v) is 7.93. The molecule has 0 unspecified atom stereocenters. The first-order valence-corrected chi connectivity index (χ1v) is 10.3. The molecular weight excluding hydrogens is 501 g/mol. The standard InChI is InChI=1S/C16H8Cl6O4S/c17-5-13(23)25-7-1-9(19)15(10(20)2-7)27-16-11(21)3-8(4-12(16)22)26-14(24)6-18/h1-4H,5-6H2. The van der Waals surface area contributed by atoms with Crippen molar-refractivity contribution < 1.29 is 19.1 Å². The first kappa shape index (κ1) is 22.8. The predicted molar refractivity (Wildman–Crippen MR) is 110 cm³/mol. The monoisotopic (exact) mass is 506 g/mol. The quantitative estimate of drug-likeness (QED) is 0.246. The number of alkyl halides is 2. The van der Waals surface area contributed by atoms with Crippen molar-refractivity contribution in [2.45, 2.75) is 9.79 Å². The van der Waals surface area contributed by atoms with Gasteiger partial charge in [-0.15, -0.1) is 23.2 Å². The van der Waals surface area contributed by atoms with Crippen LogP contribution in [0.2, 0.25) is 20.1 Å². The van der Waals surface area contributed by atoms with Crippen LogP contribution in [0, 0.1) is 0 Å². The van der Waals surface area contributed by atoms with Gasteiger partial charge >= 0.3 is 11.9 Å². The van der Waals surface area contributed by atoms with Crippen molar-refractivity contribution in [1.29, 1.82) is 0 Å². The third-order valence-corrected chi connectivity index (χ3v) is 6.19. The average Bonchev–Trinajstić information content (AvgIpc) is 2.59. The fourth-order valence-electron chi connectivity index (χ4n) is 1.81. The highest BCUT2D eigenvalue weighted by molar-refractivity contribution is 7.99. The number of carbonyl (C=O) groups excluding carboxylic acids is 2. The lowest BCUT2D eigenvalue weighted by Gasteiger charge is -2.13. The number of hydrogen-bond acceptors (Lipinski definition) is 5. The van der Waals surface area contributed by atoms with E-state index in [9.17, 15) is 9.59 Å². The van der Waals surface area contributed by atoms with E-state index in [0.29, 0.717) is 9.79 Å². The van der Waals surface area contributed by atoms with E-state index in [4.69, 9.17) is 79.1 Å². The van der Waals surface area contributed by atoms with Gasteiger partial charge in [-0.05, 0) is 0 Å². The Morgan fingerprint density at radius 3 is 1.26 bits per heavy atom. The molecule has 0 N–H and O–H groups in total. The summed E-state index contributed by atoms with van der Waals surface area (Å²) in [5.74, 6) is -1.59. The van der Waals surface area contributed by atoms with E-state index in [2.05, 4.69) is 0 Å². The highest BCUT2D eigenvalue weighted by atomic mass is 35.5. The summed E-state index contributed by atoms with van der Waals surface area (Å²) in [6, 6.07) is 5.66. The SMILES string of the molecule is O=C(CCl)Oc1cc(Cl)c(Sc2c(Cl)cc(OC(=O)CCl)cc2Cl)c(Cl)c1. The number of hydrogen-bond donors (Lipinski definition) is 0. The molecule has 2 aromatic carbocycles. The molecule has 4 nitrogen and oxygen atoms in total. The molecule has 0 fully saturated rings. The van der Waals surface area contributed by atoms with E-state index >= 15 is 0 Å². The second-order valence-electron chi connectivity index (χ2n) is 4.75. The smallest absolute Gasteiger partial charge is 0.326 e. The minimum atomic E-state index is -0.641. The first-order valence-electron chi connectivity index (χ1n) is 6.94. The summed E-state index contributed by atoms with van der Waals surface area (Å²) >= 11 is 36.8. The van der Waals surface area contributed by atoms with Crippen molar-refractivity contribution >= 4 is 93.3 Å². The molecule has 0 spiro atoms. The van der Waals surface area contributed by atoms with E-state index in [1.165, 1.54) is 24.3 Å². The zero-order valence-electron chi connectivity index (χ0n) is 13.0. The Kier molecular flexibility index (Phi) is 8.69. The summed E-state index contributed by atoms with van der Waals surface area (Å²) in [5.41, 5.74) is 0. The van der Waals surface area contributed by atoms with Crippen LogP contribution in [0.25, 0.3) is 0 Å². The highest BCUT2D eigenvalue weighted by Gasteiger charge is 2.18. The van der Waals surface area contributed by atoms with E-state index in [1.54, 1.807) is 0 Å². The van der Waals surface area contributed by atoms with Crippen molar-refractivity contribution in [3.8, 4) is 11.5 Å². The van der Waals surface area contributed by atoms with Gasteiger partial charge in [0.1, 0.15) is 23.3 Å². The van der Waals surface area contributed by atoms with Crippen LogP contribution < -0.4 is 9.47 Å². The molecule has 0 aromatic heterocycles. The van der Waals surface area contributed by atoms with Crippen LogP contribution in [-0.4, -0.2) is 23.7 Å². The van der Waals surface area contributed by atoms with E-state index in [0.717, 1.165) is 11.8 Å². The highest BCUT2D eigenvalue weighted by Crippen LogP contribution is 2.46. The number of ether oxygens (including phenoxy) is 2. The topological polar surface area (TPSA) is 52.6 Å². The molecule has 2 rings (SSSR count). The molecular formula is C16H8Cl6O4S. The van der Waals surface area contributed by atoms with Gasteiger partial charge in [0.25, 0.3) is 0 Å². The van der Waals surface area contributed by atoms with Crippen molar-refractivity contribution in [3.63, 3.8) is 0 Å². The van der Waals surface area contributed by atoms with Crippen LogP contribution >= 0.6 is 81.4 Å². The fraction of sp³-hybridized carbons (Fsp3) is 0.125. The minimum absolute atomic E-state index is 0.153. The third-order valence-electron chi connectivity index (χ3n) is 2.83. The second kappa shape index (κ2) is 10.3. The zero-order chi connectivity index (χ0) is 20.1. The number of esters is 2. The Bertz CT molecular complexity index is 772. The summed E-state index contributed by atoms with van der Waals surface area (Å²) in [5, 5.41) is 0.869. The molecule has 0 aliphatic carbocycles. The van der Waals surface area contributed by atoms with E-state index in [-0.39, 0.29) is 43.3 Å². The van der Waals surface area contributed by atoms with Crippen LogP contribution in [0.3, 0.4) is 0 Å². The van der Waals surface area contributed by atoms with Crippen molar-refractivity contribution in [3.05, 3.63) is 44.4 Å². The Morgan fingerprint density at radius 1 is 0.704 bits per heavy atom. The van der Waals surface area contributed by atoms with Gasteiger partial charge in [0.2, 0.25) is 0 Å². The number of halogens is 6. The van der Waals surface area contributed by atoms with Crippen molar-refractivity contribution in [2.75, 3.05) is 11.8 Å². The van der Waals surface area contributed by atoms with Gasteiger partial charge in [0.05, 0.1) is 20.1 Å². The minimum Gasteiger partial charge on any atom is -0.426 e. The molecule has 144 valence electrons. The van der Waals surface area contributed by atoms with Gasteiger partial charge in [0, 0.05) is 34.1 Å². The van der Waals surface area contributed by atoms with Gasteiger partial charge in [-0.3, -0.25) is 9.59 Å². The average molecular weight is 509 g/mol. The normalized spacial score (nSPS) is 10.6. The van der Waals surface area contributed by atoms with Crippen molar-refractivity contribution in [2.24, 2.45) is 0 Å². The molecule has 0 amide bonds. The Hall–Kier alpha value is -0.530. The fourth-order valence-corrected chi connectivity index (χ4v) is 4.14. The zero-order valence-corrected chi connectivity index (χ0v) is 18.4. The number of rotatable bonds is 6. The van der Waals surface area contributed by atoms with Gasteiger partial charge in [0.15, 0.2) is 0 Å². The maximum atomic E-state index is 11.3. The number of carbonyl (C=O) groups is 2. The van der Waals surface area contributed by atoms with Crippen molar-refractivity contribution in [1.82, 2.24) is 0 Å². The molecule has 0 aliphatic heterocycles. The summed E-state index contributed by atoms with van der Waals surface area (Å²) in [6.07, 6.45) is 0. The summed E-state index contributed by atoms with van der Waals surface area (Å²) < 4.78 is 9.96. The maximum Gasteiger partial charge on any atom is 0.326 e. The maximum absolute atomic E-state index is 11.3. The van der Waals surface area contributed by atoms with Crippen LogP contribution in [0.5, 0.6) is 11.5 Å². The molecule has 11 heteroatoms. The van der Waals surface area contributed by atoms with Gasteiger partial charge < -0.3 is 9.47 Å². The summed E-state index contributed by atoms with van der Waals surface area (Å²) in [7, 11) is 0. The molecule has 0 radical (unpaired) electrons. The molecule has 0 heterocycles. The van der Waals surface area contributed by atoms with Crippen LogP contribution in [0.1, 0.15) is 0 Å². The molecule has 2 aromatic rings. The van der Waals surface area contributed by atoms with Gasteiger partial charge in [-0.2, -0.15) is 0 Å². The summed E-state index contributed by atoms with van der Waals surface area (Å²) in [6.45, 7) is 0. The molecule has 0 atom stereocenters.